The summed E-state index contributed by atoms with van der Waals surface area (Å²) < 4.78 is 0. The maximum atomic E-state index is 12.3. The number of halogens is 1. The normalized spacial score (nSPS) is 10.3. The van der Waals surface area contributed by atoms with Gasteiger partial charge >= 0.3 is 0 Å². The van der Waals surface area contributed by atoms with Crippen molar-refractivity contribution in [1.29, 1.82) is 0 Å². The molecule has 0 unspecified atom stereocenters. The highest BCUT2D eigenvalue weighted by molar-refractivity contribution is 6.31. The lowest BCUT2D eigenvalue weighted by Gasteiger charge is -2.09. The minimum atomic E-state index is -0.407. The molecule has 1 amide bonds. The molecular weight excluding hydrogens is 310 g/mol. The van der Waals surface area contributed by atoms with Crippen molar-refractivity contribution in [3.8, 4) is 16.9 Å². The monoisotopic (exact) mass is 323 g/mol. The minimum Gasteiger partial charge on any atom is -0.507 e. The van der Waals surface area contributed by atoms with Gasteiger partial charge in [0.05, 0.1) is 5.56 Å². The molecule has 0 aliphatic rings. The van der Waals surface area contributed by atoms with Gasteiger partial charge in [0.1, 0.15) is 5.75 Å². The molecule has 114 valence electrons. The van der Waals surface area contributed by atoms with Crippen molar-refractivity contribution in [2.75, 3.05) is 5.32 Å². The van der Waals surface area contributed by atoms with Gasteiger partial charge in [-0.1, -0.05) is 54.1 Å². The van der Waals surface area contributed by atoms with Crippen molar-refractivity contribution in [3.63, 3.8) is 0 Å². The Hall–Kier alpha value is -2.78. The molecule has 3 aromatic carbocycles. The molecule has 0 aromatic heterocycles. The summed E-state index contributed by atoms with van der Waals surface area (Å²) in [6.45, 7) is 0. The Bertz CT molecular complexity index is 847. The number of carbonyl (C=O) groups excluding carboxylic acids is 1. The highest BCUT2D eigenvalue weighted by atomic mass is 35.5. The molecular formula is C19H14ClNO2. The number of aromatic hydroxyl groups is 1. The molecule has 0 atom stereocenters. The lowest BCUT2D eigenvalue weighted by molar-refractivity contribution is 0.102. The van der Waals surface area contributed by atoms with Gasteiger partial charge in [-0.05, 0) is 41.5 Å². The second-order valence-corrected chi connectivity index (χ2v) is 5.50. The van der Waals surface area contributed by atoms with E-state index in [0.29, 0.717) is 10.7 Å². The van der Waals surface area contributed by atoms with Crippen LogP contribution in [0.1, 0.15) is 10.4 Å². The number of anilines is 1. The fourth-order valence-electron chi connectivity index (χ4n) is 2.30. The standard InChI is InChI=1S/C19H14ClNO2/c20-15-9-10-18(22)17(12-15)19(23)21-16-8-4-7-14(11-16)13-5-2-1-3-6-13/h1-12,22H,(H,21,23). The molecule has 0 spiro atoms. The van der Waals surface area contributed by atoms with Gasteiger partial charge in [0.15, 0.2) is 0 Å². The molecule has 0 fully saturated rings. The van der Waals surface area contributed by atoms with Gasteiger partial charge in [0.25, 0.3) is 5.91 Å². The first kappa shape index (κ1) is 15.1. The number of hydrogen-bond donors (Lipinski definition) is 2. The number of nitrogens with one attached hydrogen (secondary N) is 1. The van der Waals surface area contributed by atoms with E-state index in [0.717, 1.165) is 11.1 Å². The summed E-state index contributed by atoms with van der Waals surface area (Å²) in [7, 11) is 0. The van der Waals surface area contributed by atoms with Crippen LogP contribution in [0.3, 0.4) is 0 Å². The highest BCUT2D eigenvalue weighted by Gasteiger charge is 2.12. The van der Waals surface area contributed by atoms with E-state index in [2.05, 4.69) is 5.32 Å². The van der Waals surface area contributed by atoms with Crippen LogP contribution >= 0.6 is 11.6 Å². The molecule has 2 N–H and O–H groups in total. The van der Waals surface area contributed by atoms with Crippen molar-refractivity contribution in [3.05, 3.63) is 83.4 Å². The van der Waals surface area contributed by atoms with E-state index in [1.807, 2.05) is 48.5 Å². The van der Waals surface area contributed by atoms with Gasteiger partial charge < -0.3 is 10.4 Å². The van der Waals surface area contributed by atoms with E-state index in [4.69, 9.17) is 11.6 Å². The molecule has 3 aromatic rings. The Labute approximate surface area is 139 Å². The lowest BCUT2D eigenvalue weighted by atomic mass is 10.1. The van der Waals surface area contributed by atoms with Crippen LogP contribution in [-0.4, -0.2) is 11.0 Å². The Morgan fingerprint density at radius 2 is 1.61 bits per heavy atom. The van der Waals surface area contributed by atoms with Gasteiger partial charge in [-0.25, -0.2) is 0 Å². The predicted molar refractivity (Wildman–Crippen MR) is 92.9 cm³/mol. The molecule has 3 nitrogen and oxygen atoms in total. The summed E-state index contributed by atoms with van der Waals surface area (Å²) in [4.78, 5) is 12.3. The van der Waals surface area contributed by atoms with Crippen LogP contribution < -0.4 is 5.32 Å². The summed E-state index contributed by atoms with van der Waals surface area (Å²) in [5, 5.41) is 13.0. The number of phenols is 1. The van der Waals surface area contributed by atoms with Crippen LogP contribution in [0.15, 0.2) is 72.8 Å². The molecule has 4 heteroatoms. The fourth-order valence-corrected chi connectivity index (χ4v) is 2.47. The molecule has 0 radical (unpaired) electrons. The largest absolute Gasteiger partial charge is 0.507 e. The van der Waals surface area contributed by atoms with Crippen molar-refractivity contribution in [2.24, 2.45) is 0 Å². The Morgan fingerprint density at radius 1 is 0.870 bits per heavy atom. The first-order valence-electron chi connectivity index (χ1n) is 7.09. The lowest BCUT2D eigenvalue weighted by Crippen LogP contribution is -2.12. The van der Waals surface area contributed by atoms with E-state index >= 15 is 0 Å². The molecule has 3 rings (SSSR count). The molecule has 0 bridgehead atoms. The predicted octanol–water partition coefficient (Wildman–Crippen LogP) is 4.96. The molecule has 0 aliphatic heterocycles. The van der Waals surface area contributed by atoms with Crippen LogP contribution in [0, 0.1) is 0 Å². The van der Waals surface area contributed by atoms with Crippen LogP contribution in [0.25, 0.3) is 11.1 Å². The quantitative estimate of drug-likeness (QED) is 0.715. The van der Waals surface area contributed by atoms with Gasteiger partial charge in [-0.3, -0.25) is 4.79 Å². The second-order valence-electron chi connectivity index (χ2n) is 5.06. The minimum absolute atomic E-state index is 0.105. The van der Waals surface area contributed by atoms with Crippen molar-refractivity contribution < 1.29 is 9.90 Å². The Kier molecular flexibility index (Phi) is 4.31. The molecule has 0 heterocycles. The Morgan fingerprint density at radius 3 is 2.39 bits per heavy atom. The first-order valence-corrected chi connectivity index (χ1v) is 7.46. The number of hydrogen-bond acceptors (Lipinski definition) is 2. The molecule has 0 saturated heterocycles. The topological polar surface area (TPSA) is 49.3 Å². The van der Waals surface area contributed by atoms with Crippen molar-refractivity contribution >= 4 is 23.2 Å². The number of amides is 1. The number of carbonyl (C=O) groups is 1. The maximum Gasteiger partial charge on any atom is 0.259 e. The zero-order chi connectivity index (χ0) is 16.2. The summed E-state index contributed by atoms with van der Waals surface area (Å²) in [5.41, 5.74) is 2.85. The second kappa shape index (κ2) is 6.55. The van der Waals surface area contributed by atoms with Gasteiger partial charge in [0, 0.05) is 10.7 Å². The smallest absolute Gasteiger partial charge is 0.259 e. The fraction of sp³-hybridized carbons (Fsp3) is 0. The number of rotatable bonds is 3. The molecule has 0 saturated carbocycles. The van der Waals surface area contributed by atoms with Crippen molar-refractivity contribution in [2.45, 2.75) is 0 Å². The summed E-state index contributed by atoms with van der Waals surface area (Å²) in [6, 6.07) is 21.8. The van der Waals surface area contributed by atoms with Crippen LogP contribution in [-0.2, 0) is 0 Å². The van der Waals surface area contributed by atoms with E-state index in [-0.39, 0.29) is 11.3 Å². The Balaban J connectivity index is 1.86. The number of phenolic OH excluding ortho intramolecular Hbond substituents is 1. The third-order valence-corrected chi connectivity index (χ3v) is 3.67. The van der Waals surface area contributed by atoms with Crippen LogP contribution in [0.2, 0.25) is 5.02 Å². The average molecular weight is 324 g/mol. The zero-order valence-electron chi connectivity index (χ0n) is 12.2. The zero-order valence-corrected chi connectivity index (χ0v) is 12.9. The van der Waals surface area contributed by atoms with Gasteiger partial charge in [-0.2, -0.15) is 0 Å². The van der Waals surface area contributed by atoms with Gasteiger partial charge in [-0.15, -0.1) is 0 Å². The third-order valence-electron chi connectivity index (χ3n) is 3.43. The van der Waals surface area contributed by atoms with Crippen molar-refractivity contribution in [1.82, 2.24) is 0 Å². The van der Waals surface area contributed by atoms with E-state index in [9.17, 15) is 9.90 Å². The van der Waals surface area contributed by atoms with E-state index < -0.39 is 5.91 Å². The third kappa shape index (κ3) is 3.52. The molecule has 23 heavy (non-hydrogen) atoms. The summed E-state index contributed by atoms with van der Waals surface area (Å²) in [6.07, 6.45) is 0. The summed E-state index contributed by atoms with van der Waals surface area (Å²) >= 11 is 5.88. The summed E-state index contributed by atoms with van der Waals surface area (Å²) in [5.74, 6) is -0.513. The maximum absolute atomic E-state index is 12.3. The average Bonchev–Trinajstić information content (AvgIpc) is 2.58. The highest BCUT2D eigenvalue weighted by Crippen LogP contribution is 2.25. The van der Waals surface area contributed by atoms with E-state index in [1.54, 1.807) is 6.07 Å². The van der Waals surface area contributed by atoms with E-state index in [1.165, 1.54) is 18.2 Å². The van der Waals surface area contributed by atoms with Crippen LogP contribution in [0.5, 0.6) is 5.75 Å². The SMILES string of the molecule is O=C(Nc1cccc(-c2ccccc2)c1)c1cc(Cl)ccc1O. The van der Waals surface area contributed by atoms with Gasteiger partial charge in [0.2, 0.25) is 0 Å². The molecule has 0 aliphatic carbocycles. The number of benzene rings is 3. The first-order chi connectivity index (χ1) is 11.1. The van der Waals surface area contributed by atoms with Crippen LogP contribution in [0.4, 0.5) is 5.69 Å².